The van der Waals surface area contributed by atoms with Crippen LogP contribution in [0.3, 0.4) is 0 Å². The Kier molecular flexibility index (Phi) is 3.04. The first kappa shape index (κ1) is 11.3. The summed E-state index contributed by atoms with van der Waals surface area (Å²) in [4.78, 5) is 13.2. The van der Waals surface area contributed by atoms with Gasteiger partial charge in [-0.3, -0.25) is 0 Å². The zero-order valence-corrected chi connectivity index (χ0v) is 9.28. The third-order valence-electron chi connectivity index (χ3n) is 2.30. The molecule has 0 aromatic rings. The molecule has 82 valence electrons. The van der Waals surface area contributed by atoms with Crippen LogP contribution >= 0.6 is 0 Å². The molecule has 1 aliphatic heterocycles. The van der Waals surface area contributed by atoms with Gasteiger partial charge in [-0.1, -0.05) is 0 Å². The SMILES string of the molecule is C[C@@H]1C[C@H](CO)N1C(=O)OC(C)(C)C. The van der Waals surface area contributed by atoms with Crippen molar-refractivity contribution in [1.82, 2.24) is 4.90 Å². The lowest BCUT2D eigenvalue weighted by Gasteiger charge is -2.46. The smallest absolute Gasteiger partial charge is 0.410 e. The minimum absolute atomic E-state index is 0.0174. The Hall–Kier alpha value is -0.770. The van der Waals surface area contributed by atoms with Gasteiger partial charge in [0.25, 0.3) is 0 Å². The first-order chi connectivity index (χ1) is 6.35. The van der Waals surface area contributed by atoms with Crippen LogP contribution in [0.25, 0.3) is 0 Å². The number of aliphatic hydroxyl groups excluding tert-OH is 1. The van der Waals surface area contributed by atoms with Crippen molar-refractivity contribution < 1.29 is 14.6 Å². The van der Waals surface area contributed by atoms with Crippen molar-refractivity contribution in [3.8, 4) is 0 Å². The van der Waals surface area contributed by atoms with E-state index in [9.17, 15) is 4.79 Å². The number of aliphatic hydroxyl groups is 1. The van der Waals surface area contributed by atoms with Gasteiger partial charge in [0.05, 0.1) is 12.6 Å². The van der Waals surface area contributed by atoms with Crippen LogP contribution in [0.5, 0.6) is 0 Å². The van der Waals surface area contributed by atoms with E-state index in [0.717, 1.165) is 6.42 Å². The molecule has 0 aromatic heterocycles. The predicted octanol–water partition coefficient (Wildman–Crippen LogP) is 1.38. The molecule has 0 radical (unpaired) electrons. The molecule has 4 heteroatoms. The average Bonchev–Trinajstić information content (AvgIpc) is 1.95. The number of ether oxygens (including phenoxy) is 1. The maximum atomic E-state index is 11.6. The zero-order chi connectivity index (χ0) is 10.9. The standard InChI is InChI=1S/C10H19NO3/c1-7-5-8(6-12)11(7)9(13)14-10(2,3)4/h7-8,12H,5-6H2,1-4H3/t7-,8-/m1/s1. The molecule has 1 rings (SSSR count). The van der Waals surface area contributed by atoms with E-state index in [1.165, 1.54) is 0 Å². The Balaban J connectivity index is 2.52. The minimum Gasteiger partial charge on any atom is -0.444 e. The van der Waals surface area contributed by atoms with Crippen LogP contribution in [0.2, 0.25) is 0 Å². The zero-order valence-electron chi connectivity index (χ0n) is 9.28. The summed E-state index contributed by atoms with van der Waals surface area (Å²) >= 11 is 0. The molecule has 1 heterocycles. The Morgan fingerprint density at radius 3 is 2.50 bits per heavy atom. The number of likely N-dealkylation sites (tertiary alicyclic amines) is 1. The number of nitrogens with zero attached hydrogens (tertiary/aromatic N) is 1. The molecule has 1 amide bonds. The molecular weight excluding hydrogens is 182 g/mol. The molecule has 1 fully saturated rings. The molecule has 2 atom stereocenters. The first-order valence-corrected chi connectivity index (χ1v) is 4.97. The topological polar surface area (TPSA) is 49.8 Å². The Bertz CT molecular complexity index is 222. The van der Waals surface area contributed by atoms with Gasteiger partial charge in [0.15, 0.2) is 0 Å². The van der Waals surface area contributed by atoms with Crippen LogP contribution in [0, 0.1) is 0 Å². The number of carbonyl (C=O) groups is 1. The highest BCUT2D eigenvalue weighted by atomic mass is 16.6. The molecule has 1 saturated heterocycles. The second-order valence-electron chi connectivity index (χ2n) is 4.81. The Morgan fingerprint density at radius 2 is 2.14 bits per heavy atom. The van der Waals surface area contributed by atoms with Crippen molar-refractivity contribution in [1.29, 1.82) is 0 Å². The van der Waals surface area contributed by atoms with E-state index in [0.29, 0.717) is 0 Å². The fourth-order valence-corrected chi connectivity index (χ4v) is 1.65. The molecule has 0 bridgehead atoms. The van der Waals surface area contributed by atoms with Crippen LogP contribution in [0.4, 0.5) is 4.79 Å². The van der Waals surface area contributed by atoms with Gasteiger partial charge in [-0.15, -0.1) is 0 Å². The lowest BCUT2D eigenvalue weighted by Crippen LogP contribution is -2.59. The van der Waals surface area contributed by atoms with Crippen LogP contribution < -0.4 is 0 Å². The average molecular weight is 201 g/mol. The fraction of sp³-hybridized carbons (Fsp3) is 0.900. The van der Waals surface area contributed by atoms with Crippen molar-refractivity contribution in [2.75, 3.05) is 6.61 Å². The number of amides is 1. The van der Waals surface area contributed by atoms with Crippen LogP contribution in [0.15, 0.2) is 0 Å². The Labute approximate surface area is 84.8 Å². The largest absolute Gasteiger partial charge is 0.444 e. The number of rotatable bonds is 1. The lowest BCUT2D eigenvalue weighted by atomic mass is 9.96. The maximum absolute atomic E-state index is 11.6. The molecular formula is C10H19NO3. The summed E-state index contributed by atoms with van der Waals surface area (Å²) in [6.45, 7) is 7.48. The van der Waals surface area contributed by atoms with Crippen LogP contribution in [-0.4, -0.2) is 40.4 Å². The summed E-state index contributed by atoms with van der Waals surface area (Å²) in [6.07, 6.45) is 0.533. The number of hydrogen-bond acceptors (Lipinski definition) is 3. The third-order valence-corrected chi connectivity index (χ3v) is 2.30. The van der Waals surface area contributed by atoms with E-state index in [1.807, 2.05) is 27.7 Å². The molecule has 0 aliphatic carbocycles. The molecule has 1 N–H and O–H groups in total. The van der Waals surface area contributed by atoms with E-state index >= 15 is 0 Å². The number of hydrogen-bond donors (Lipinski definition) is 1. The van der Waals surface area contributed by atoms with E-state index < -0.39 is 5.60 Å². The minimum atomic E-state index is -0.466. The summed E-state index contributed by atoms with van der Waals surface area (Å²) in [5.74, 6) is 0. The molecule has 0 unspecified atom stereocenters. The van der Waals surface area contributed by atoms with Crippen molar-refractivity contribution in [2.24, 2.45) is 0 Å². The second-order valence-corrected chi connectivity index (χ2v) is 4.81. The maximum Gasteiger partial charge on any atom is 0.410 e. The summed E-state index contributed by atoms with van der Waals surface area (Å²) in [7, 11) is 0. The van der Waals surface area contributed by atoms with Gasteiger partial charge in [-0.2, -0.15) is 0 Å². The van der Waals surface area contributed by atoms with Gasteiger partial charge in [-0.05, 0) is 34.1 Å². The molecule has 0 saturated carbocycles. The highest BCUT2D eigenvalue weighted by Gasteiger charge is 2.40. The van der Waals surface area contributed by atoms with Gasteiger partial charge >= 0.3 is 6.09 Å². The highest BCUT2D eigenvalue weighted by molar-refractivity contribution is 5.70. The fourth-order valence-electron chi connectivity index (χ4n) is 1.65. The van der Waals surface area contributed by atoms with Gasteiger partial charge in [0.1, 0.15) is 5.60 Å². The third kappa shape index (κ3) is 2.38. The van der Waals surface area contributed by atoms with Crippen molar-refractivity contribution in [3.05, 3.63) is 0 Å². The Morgan fingerprint density at radius 1 is 1.57 bits per heavy atom. The van der Waals surface area contributed by atoms with Crippen molar-refractivity contribution >= 4 is 6.09 Å². The van der Waals surface area contributed by atoms with Gasteiger partial charge in [-0.25, -0.2) is 4.79 Å². The van der Waals surface area contributed by atoms with Crippen molar-refractivity contribution in [3.63, 3.8) is 0 Å². The lowest BCUT2D eigenvalue weighted by molar-refractivity contribution is -0.0403. The summed E-state index contributed by atoms with van der Waals surface area (Å²) in [6, 6.07) is 0.127. The predicted molar refractivity (Wildman–Crippen MR) is 53.0 cm³/mol. The van der Waals surface area contributed by atoms with Gasteiger partial charge in [0, 0.05) is 6.04 Å². The number of carbonyl (C=O) groups excluding carboxylic acids is 1. The van der Waals surface area contributed by atoms with E-state index in [2.05, 4.69) is 0 Å². The van der Waals surface area contributed by atoms with E-state index in [4.69, 9.17) is 9.84 Å². The second kappa shape index (κ2) is 3.77. The normalized spacial score (nSPS) is 27.1. The van der Waals surface area contributed by atoms with Gasteiger partial charge < -0.3 is 14.7 Å². The van der Waals surface area contributed by atoms with Gasteiger partial charge in [0.2, 0.25) is 0 Å². The van der Waals surface area contributed by atoms with E-state index in [-0.39, 0.29) is 24.8 Å². The molecule has 0 spiro atoms. The van der Waals surface area contributed by atoms with Crippen LogP contribution in [-0.2, 0) is 4.74 Å². The monoisotopic (exact) mass is 201 g/mol. The first-order valence-electron chi connectivity index (χ1n) is 4.97. The molecule has 1 aliphatic rings. The molecule has 0 aromatic carbocycles. The van der Waals surface area contributed by atoms with Crippen molar-refractivity contribution in [2.45, 2.75) is 51.8 Å². The quantitative estimate of drug-likeness (QED) is 0.697. The van der Waals surface area contributed by atoms with E-state index in [1.54, 1.807) is 4.90 Å². The summed E-state index contributed by atoms with van der Waals surface area (Å²) < 4.78 is 5.22. The summed E-state index contributed by atoms with van der Waals surface area (Å²) in [5, 5.41) is 8.97. The molecule has 4 nitrogen and oxygen atoms in total. The van der Waals surface area contributed by atoms with Crippen LogP contribution in [0.1, 0.15) is 34.1 Å². The highest BCUT2D eigenvalue weighted by Crippen LogP contribution is 2.27. The molecule has 14 heavy (non-hydrogen) atoms. The summed E-state index contributed by atoms with van der Waals surface area (Å²) in [5.41, 5.74) is -0.466.